The van der Waals surface area contributed by atoms with Gasteiger partial charge in [0.2, 0.25) is 0 Å². The van der Waals surface area contributed by atoms with E-state index in [4.69, 9.17) is 17.0 Å². The molecule has 3 N–H and O–H groups in total. The van der Waals surface area contributed by atoms with Gasteiger partial charge >= 0.3 is 0 Å². The SMILES string of the molecule is CCCCCCOc1ccc(C(=O)NC(=S)Nc2cccc(NC(=O)c3ccccc3)c2)cc1. The summed E-state index contributed by atoms with van der Waals surface area (Å²) in [6.45, 7) is 2.85. The Bertz CT molecular complexity index is 1100. The maximum atomic E-state index is 12.5. The topological polar surface area (TPSA) is 79.5 Å². The fourth-order valence-corrected chi connectivity index (χ4v) is 3.44. The van der Waals surface area contributed by atoms with Gasteiger partial charge in [0.05, 0.1) is 6.61 Å². The molecule has 0 aliphatic heterocycles. The third kappa shape index (κ3) is 8.01. The van der Waals surface area contributed by atoms with Crippen LogP contribution in [0, 0.1) is 0 Å². The Hall–Kier alpha value is -3.71. The van der Waals surface area contributed by atoms with Crippen molar-refractivity contribution >= 4 is 40.5 Å². The number of hydrogen-bond donors (Lipinski definition) is 3. The number of thiocarbonyl (C=S) groups is 1. The normalized spacial score (nSPS) is 10.3. The Morgan fingerprint density at radius 1 is 0.765 bits per heavy atom. The molecule has 0 aliphatic rings. The summed E-state index contributed by atoms with van der Waals surface area (Å²) >= 11 is 5.28. The molecule has 0 bridgehead atoms. The highest BCUT2D eigenvalue weighted by molar-refractivity contribution is 7.80. The van der Waals surface area contributed by atoms with Crippen LogP contribution < -0.4 is 20.7 Å². The summed E-state index contributed by atoms with van der Waals surface area (Å²) in [4.78, 5) is 24.9. The summed E-state index contributed by atoms with van der Waals surface area (Å²) in [6, 6.07) is 23.0. The molecule has 6 nitrogen and oxygen atoms in total. The van der Waals surface area contributed by atoms with Gasteiger partial charge in [0.25, 0.3) is 11.8 Å². The lowest BCUT2D eigenvalue weighted by Gasteiger charge is -2.12. The molecule has 176 valence electrons. The van der Waals surface area contributed by atoms with Crippen LogP contribution in [-0.4, -0.2) is 23.5 Å². The number of amides is 2. The number of ether oxygens (including phenoxy) is 1. The van der Waals surface area contributed by atoms with Gasteiger partial charge in [0.15, 0.2) is 5.11 Å². The standard InChI is InChI=1S/C27H29N3O3S/c1-2-3-4-8-18-33-24-16-14-21(15-17-24)26(32)30-27(34)29-23-13-9-12-22(19-23)28-25(31)20-10-6-5-7-11-20/h5-7,9-17,19H,2-4,8,18H2,1H3,(H,28,31)(H2,29,30,32,34). The van der Waals surface area contributed by atoms with Crippen LogP contribution in [-0.2, 0) is 0 Å². The van der Waals surface area contributed by atoms with Gasteiger partial charge in [-0.25, -0.2) is 0 Å². The first-order valence-electron chi connectivity index (χ1n) is 11.4. The molecule has 34 heavy (non-hydrogen) atoms. The Morgan fingerprint density at radius 3 is 2.15 bits per heavy atom. The highest BCUT2D eigenvalue weighted by atomic mass is 32.1. The maximum absolute atomic E-state index is 12.5. The third-order valence-corrected chi connectivity index (χ3v) is 5.23. The quantitative estimate of drug-likeness (QED) is 0.247. The largest absolute Gasteiger partial charge is 0.494 e. The van der Waals surface area contributed by atoms with Gasteiger partial charge in [-0.15, -0.1) is 0 Å². The molecule has 0 unspecified atom stereocenters. The lowest BCUT2D eigenvalue weighted by Crippen LogP contribution is -2.34. The number of anilines is 2. The second-order valence-electron chi connectivity index (χ2n) is 7.74. The van der Waals surface area contributed by atoms with Gasteiger partial charge in [-0.05, 0) is 73.2 Å². The van der Waals surface area contributed by atoms with E-state index < -0.39 is 0 Å². The Morgan fingerprint density at radius 2 is 1.44 bits per heavy atom. The molecule has 0 saturated carbocycles. The van der Waals surface area contributed by atoms with E-state index in [1.54, 1.807) is 60.7 Å². The highest BCUT2D eigenvalue weighted by Crippen LogP contribution is 2.17. The molecule has 3 rings (SSSR count). The van der Waals surface area contributed by atoms with Crippen LogP contribution in [0.25, 0.3) is 0 Å². The molecule has 0 fully saturated rings. The van der Waals surface area contributed by atoms with Crippen LogP contribution in [0.4, 0.5) is 11.4 Å². The zero-order valence-corrected chi connectivity index (χ0v) is 20.0. The molecule has 0 radical (unpaired) electrons. The number of hydrogen-bond acceptors (Lipinski definition) is 4. The van der Waals surface area contributed by atoms with Crippen molar-refractivity contribution in [1.82, 2.24) is 5.32 Å². The van der Waals surface area contributed by atoms with Crippen LogP contribution >= 0.6 is 12.2 Å². The van der Waals surface area contributed by atoms with Crippen LogP contribution in [0.2, 0.25) is 0 Å². The van der Waals surface area contributed by atoms with E-state index in [2.05, 4.69) is 22.9 Å². The lowest BCUT2D eigenvalue weighted by atomic mass is 10.2. The first kappa shape index (κ1) is 24.9. The van der Waals surface area contributed by atoms with E-state index >= 15 is 0 Å². The second kappa shape index (κ2) is 13.1. The van der Waals surface area contributed by atoms with Crippen molar-refractivity contribution in [2.75, 3.05) is 17.2 Å². The molecule has 7 heteroatoms. The molecule has 0 heterocycles. The van der Waals surface area contributed by atoms with E-state index in [1.165, 1.54) is 12.8 Å². The first-order chi connectivity index (χ1) is 16.5. The Balaban J connectivity index is 1.49. The predicted molar refractivity (Wildman–Crippen MR) is 141 cm³/mol. The van der Waals surface area contributed by atoms with E-state index in [-0.39, 0.29) is 16.9 Å². The van der Waals surface area contributed by atoms with Crippen molar-refractivity contribution in [2.45, 2.75) is 32.6 Å². The molecule has 0 aromatic heterocycles. The van der Waals surface area contributed by atoms with Gasteiger partial charge in [0, 0.05) is 22.5 Å². The minimum atomic E-state index is -0.319. The minimum Gasteiger partial charge on any atom is -0.494 e. The minimum absolute atomic E-state index is 0.160. The lowest BCUT2D eigenvalue weighted by molar-refractivity contribution is 0.0976. The Kier molecular flexibility index (Phi) is 9.61. The van der Waals surface area contributed by atoms with Gasteiger partial charge in [0.1, 0.15) is 5.75 Å². The van der Waals surface area contributed by atoms with Crippen molar-refractivity contribution < 1.29 is 14.3 Å². The summed E-state index contributed by atoms with van der Waals surface area (Å²) in [6.07, 6.45) is 4.58. The summed E-state index contributed by atoms with van der Waals surface area (Å²) in [5.41, 5.74) is 2.30. The van der Waals surface area contributed by atoms with Crippen LogP contribution in [0.1, 0.15) is 53.3 Å². The number of unbranched alkanes of at least 4 members (excludes halogenated alkanes) is 3. The third-order valence-electron chi connectivity index (χ3n) is 5.02. The summed E-state index contributed by atoms with van der Waals surface area (Å²) in [5.74, 6) is 0.214. The van der Waals surface area contributed by atoms with Crippen molar-refractivity contribution in [1.29, 1.82) is 0 Å². The van der Waals surface area contributed by atoms with Crippen molar-refractivity contribution in [3.05, 3.63) is 90.0 Å². The molecule has 2 amide bonds. The molecular weight excluding hydrogens is 446 g/mol. The maximum Gasteiger partial charge on any atom is 0.257 e. The van der Waals surface area contributed by atoms with E-state index in [1.807, 2.05) is 18.2 Å². The van der Waals surface area contributed by atoms with Crippen LogP contribution in [0.15, 0.2) is 78.9 Å². The number of rotatable bonds is 10. The molecule has 0 aliphatic carbocycles. The Labute approximate surface area is 205 Å². The molecule has 0 saturated heterocycles. The zero-order valence-electron chi connectivity index (χ0n) is 19.2. The molecule has 3 aromatic carbocycles. The van der Waals surface area contributed by atoms with Crippen molar-refractivity contribution in [3.8, 4) is 5.75 Å². The van der Waals surface area contributed by atoms with Crippen molar-refractivity contribution in [3.63, 3.8) is 0 Å². The van der Waals surface area contributed by atoms with Gasteiger partial charge in [-0.1, -0.05) is 50.5 Å². The molecule has 0 spiro atoms. The summed E-state index contributed by atoms with van der Waals surface area (Å²) in [7, 11) is 0. The fourth-order valence-electron chi connectivity index (χ4n) is 3.23. The fraction of sp³-hybridized carbons (Fsp3) is 0.222. The molecule has 3 aromatic rings. The number of nitrogens with one attached hydrogen (secondary N) is 3. The van der Waals surface area contributed by atoms with Crippen molar-refractivity contribution in [2.24, 2.45) is 0 Å². The average molecular weight is 476 g/mol. The summed E-state index contributed by atoms with van der Waals surface area (Å²) in [5, 5.41) is 8.65. The number of benzene rings is 3. The van der Waals surface area contributed by atoms with E-state index in [0.29, 0.717) is 29.1 Å². The van der Waals surface area contributed by atoms with Crippen LogP contribution in [0.5, 0.6) is 5.75 Å². The molecule has 0 atom stereocenters. The van der Waals surface area contributed by atoms with Crippen LogP contribution in [0.3, 0.4) is 0 Å². The number of carbonyl (C=O) groups excluding carboxylic acids is 2. The monoisotopic (exact) mass is 475 g/mol. The zero-order chi connectivity index (χ0) is 24.2. The molecular formula is C27H29N3O3S. The summed E-state index contributed by atoms with van der Waals surface area (Å²) < 4.78 is 5.71. The predicted octanol–water partition coefficient (Wildman–Crippen LogP) is 6.02. The van der Waals surface area contributed by atoms with E-state index in [0.717, 1.165) is 18.6 Å². The smallest absolute Gasteiger partial charge is 0.257 e. The number of carbonyl (C=O) groups is 2. The van der Waals surface area contributed by atoms with Gasteiger partial charge < -0.3 is 15.4 Å². The highest BCUT2D eigenvalue weighted by Gasteiger charge is 2.10. The average Bonchev–Trinajstić information content (AvgIpc) is 2.85. The first-order valence-corrected chi connectivity index (χ1v) is 11.8. The van der Waals surface area contributed by atoms with Gasteiger partial charge in [-0.3, -0.25) is 14.9 Å². The van der Waals surface area contributed by atoms with E-state index in [9.17, 15) is 9.59 Å². The van der Waals surface area contributed by atoms with Gasteiger partial charge in [-0.2, -0.15) is 0 Å². The second-order valence-corrected chi connectivity index (χ2v) is 8.15.